The van der Waals surface area contributed by atoms with Crippen molar-refractivity contribution in [2.24, 2.45) is 0 Å². The summed E-state index contributed by atoms with van der Waals surface area (Å²) >= 11 is 0. The van der Waals surface area contributed by atoms with Crippen LogP contribution in [0, 0.1) is 0 Å². The molecule has 9 aromatic carbocycles. The van der Waals surface area contributed by atoms with Gasteiger partial charge in [-0.15, -0.1) is 0 Å². The molecule has 0 saturated heterocycles. The minimum Gasteiger partial charge on any atom is -0.455 e. The number of para-hydroxylation sites is 3. The highest BCUT2D eigenvalue weighted by Crippen LogP contribution is 2.53. The van der Waals surface area contributed by atoms with Gasteiger partial charge in [-0.05, 0) is 81.8 Å². The third-order valence-corrected chi connectivity index (χ3v) is 12.3. The number of hydrogen-bond acceptors (Lipinski definition) is 1. The highest BCUT2D eigenvalue weighted by Gasteiger charge is 2.29. The Morgan fingerprint density at radius 2 is 1.06 bits per heavy atom. The first kappa shape index (κ1) is 37.8. The lowest BCUT2D eigenvalue weighted by atomic mass is 9.80. The number of rotatable bonds is 9. The molecule has 0 aliphatic rings. The molecule has 2 aromatic heterocycles. The summed E-state index contributed by atoms with van der Waals surface area (Å²) in [6.07, 6.45) is 8.36. The lowest BCUT2D eigenvalue weighted by Crippen LogP contribution is -2.02. The highest BCUT2D eigenvalue weighted by atomic mass is 16.3. The Labute approximate surface area is 367 Å². The van der Waals surface area contributed by atoms with Gasteiger partial charge in [0, 0.05) is 49.5 Å². The van der Waals surface area contributed by atoms with Crippen LogP contribution < -0.4 is 0 Å². The van der Waals surface area contributed by atoms with Crippen molar-refractivity contribution in [3.63, 3.8) is 0 Å². The van der Waals surface area contributed by atoms with E-state index in [1.54, 1.807) is 0 Å². The van der Waals surface area contributed by atoms with Gasteiger partial charge in [0.25, 0.3) is 0 Å². The number of hydrogen-bond donors (Lipinski definition) is 0. The fourth-order valence-corrected chi connectivity index (χ4v) is 9.59. The van der Waals surface area contributed by atoms with Gasteiger partial charge in [0.2, 0.25) is 0 Å². The highest BCUT2D eigenvalue weighted by molar-refractivity contribution is 6.25. The van der Waals surface area contributed by atoms with E-state index in [1.165, 1.54) is 27.5 Å². The van der Waals surface area contributed by atoms with Gasteiger partial charge in [-0.25, -0.2) is 0 Å². The van der Waals surface area contributed by atoms with Gasteiger partial charge in [-0.3, -0.25) is 0 Å². The first-order valence-electron chi connectivity index (χ1n) is 21.6. The van der Waals surface area contributed by atoms with Gasteiger partial charge < -0.3 is 8.98 Å². The summed E-state index contributed by atoms with van der Waals surface area (Å²) in [6.45, 7) is 6.23. The monoisotopic (exact) mass is 805 g/mol. The molecule has 298 valence electrons. The Kier molecular flexibility index (Phi) is 9.60. The second-order valence-electron chi connectivity index (χ2n) is 15.9. The normalized spacial score (nSPS) is 12.0. The molecule has 11 rings (SSSR count). The molecule has 0 radical (unpaired) electrons. The fourth-order valence-electron chi connectivity index (χ4n) is 9.59. The third-order valence-electron chi connectivity index (χ3n) is 12.3. The van der Waals surface area contributed by atoms with E-state index in [4.69, 9.17) is 4.42 Å². The zero-order valence-corrected chi connectivity index (χ0v) is 35.0. The molecule has 0 saturated carbocycles. The van der Waals surface area contributed by atoms with E-state index < -0.39 is 0 Å². The van der Waals surface area contributed by atoms with Crippen LogP contribution >= 0.6 is 0 Å². The first-order chi connectivity index (χ1) is 31.2. The van der Waals surface area contributed by atoms with Crippen molar-refractivity contribution >= 4 is 49.3 Å². The Balaban J connectivity index is 1.28. The molecule has 0 unspecified atom stereocenters. The molecule has 0 spiro atoms. The van der Waals surface area contributed by atoms with Crippen LogP contribution in [0.25, 0.3) is 111 Å². The van der Waals surface area contributed by atoms with E-state index in [0.29, 0.717) is 0 Å². The summed E-state index contributed by atoms with van der Waals surface area (Å²) in [5.41, 5.74) is 19.0. The Morgan fingerprint density at radius 1 is 0.492 bits per heavy atom. The van der Waals surface area contributed by atoms with Gasteiger partial charge >= 0.3 is 0 Å². The zero-order valence-electron chi connectivity index (χ0n) is 35.0. The second kappa shape index (κ2) is 16.0. The van der Waals surface area contributed by atoms with Crippen LogP contribution in [0.15, 0.2) is 242 Å². The molecular weight excluding hydrogens is 763 g/mol. The van der Waals surface area contributed by atoms with E-state index in [1.807, 2.05) is 18.2 Å². The van der Waals surface area contributed by atoms with E-state index in [-0.39, 0.29) is 0 Å². The number of benzene rings is 9. The van der Waals surface area contributed by atoms with Gasteiger partial charge in [-0.1, -0.05) is 207 Å². The molecule has 0 aliphatic heterocycles. The van der Waals surface area contributed by atoms with Crippen LogP contribution in [0.1, 0.15) is 12.5 Å². The zero-order chi connectivity index (χ0) is 42.3. The Bertz CT molecular complexity index is 3550. The van der Waals surface area contributed by atoms with Crippen LogP contribution in [0.2, 0.25) is 0 Å². The smallest absolute Gasteiger partial charge is 0.143 e. The first-order valence-corrected chi connectivity index (χ1v) is 21.6. The molecule has 2 nitrogen and oxygen atoms in total. The maximum absolute atomic E-state index is 6.52. The predicted molar refractivity (Wildman–Crippen MR) is 268 cm³/mol. The van der Waals surface area contributed by atoms with Crippen molar-refractivity contribution < 1.29 is 4.42 Å². The lowest BCUT2D eigenvalue weighted by molar-refractivity contribution is 0.670. The summed E-state index contributed by atoms with van der Waals surface area (Å²) in [7, 11) is 0. The largest absolute Gasteiger partial charge is 0.455 e. The Morgan fingerprint density at radius 3 is 1.76 bits per heavy atom. The Hall–Kier alpha value is -8.20. The molecule has 0 aliphatic carbocycles. The summed E-state index contributed by atoms with van der Waals surface area (Å²) in [6, 6.07) is 74.3. The summed E-state index contributed by atoms with van der Waals surface area (Å²) in [5, 5.41) is 4.64. The van der Waals surface area contributed by atoms with E-state index in [0.717, 1.165) is 88.7 Å². The standard InChI is InChI=1S/C61H43NO/c1-3-5-22-41(4-2)58-56(43-25-12-7-13-26-43)55(42-23-10-6-11-24-42)57(44-27-14-8-15-28-44)59-52-38-37-46(40-53(52)62(60(58)59)48-31-16-9-17-32-48)45-29-20-30-47(39-45)49-34-21-35-51-50-33-18-19-36-54(50)63-61(49)51/h3-40H,1H2,2H3/b22-5-,41-4+. The van der Waals surface area contributed by atoms with Crippen LogP contribution in [-0.2, 0) is 0 Å². The molecule has 0 atom stereocenters. The molecule has 2 heteroatoms. The van der Waals surface area contributed by atoms with Gasteiger partial charge in [-0.2, -0.15) is 0 Å². The number of furan rings is 1. The summed E-state index contributed by atoms with van der Waals surface area (Å²) < 4.78 is 9.02. The molecule has 0 N–H and O–H groups in total. The topological polar surface area (TPSA) is 18.1 Å². The summed E-state index contributed by atoms with van der Waals surface area (Å²) in [5.74, 6) is 0. The molecule has 0 amide bonds. The molecule has 0 fully saturated rings. The molecule has 2 heterocycles. The van der Waals surface area contributed by atoms with E-state index in [9.17, 15) is 0 Å². The minimum atomic E-state index is 0.899. The van der Waals surface area contributed by atoms with E-state index >= 15 is 0 Å². The van der Waals surface area contributed by atoms with Crippen LogP contribution in [0.3, 0.4) is 0 Å². The quantitative estimate of drug-likeness (QED) is 0.133. The fraction of sp³-hybridized carbons (Fsp3) is 0.0164. The summed E-state index contributed by atoms with van der Waals surface area (Å²) in [4.78, 5) is 0. The number of nitrogens with zero attached hydrogens (tertiary/aromatic N) is 1. The van der Waals surface area contributed by atoms with Gasteiger partial charge in [0.15, 0.2) is 0 Å². The lowest BCUT2D eigenvalue weighted by Gasteiger charge is -2.24. The average Bonchev–Trinajstić information content (AvgIpc) is 3.91. The minimum absolute atomic E-state index is 0.899. The second-order valence-corrected chi connectivity index (χ2v) is 15.9. The van der Waals surface area contributed by atoms with Crippen LogP contribution in [0.4, 0.5) is 0 Å². The predicted octanol–water partition coefficient (Wildman–Crippen LogP) is 17.2. The maximum atomic E-state index is 6.52. The number of fused-ring (bicyclic) bond motifs is 6. The third kappa shape index (κ3) is 6.43. The van der Waals surface area contributed by atoms with Crippen LogP contribution in [0.5, 0.6) is 0 Å². The van der Waals surface area contributed by atoms with E-state index in [2.05, 4.69) is 230 Å². The molecular formula is C61H43NO. The van der Waals surface area contributed by atoms with Crippen molar-refractivity contribution in [3.8, 4) is 61.3 Å². The van der Waals surface area contributed by atoms with Crippen LogP contribution in [-0.4, -0.2) is 4.57 Å². The van der Waals surface area contributed by atoms with Crippen molar-refractivity contribution in [2.45, 2.75) is 6.92 Å². The average molecular weight is 806 g/mol. The molecule has 63 heavy (non-hydrogen) atoms. The SMILES string of the molecule is C=C/C=C\C(=C/C)c1c(-c2ccccc2)c(-c2ccccc2)c(-c2ccccc2)c2c3ccc(-c4cccc(-c5cccc6c5oc5ccccc56)c4)cc3n(-c3ccccc3)c12. The van der Waals surface area contributed by atoms with Crippen molar-refractivity contribution in [1.29, 1.82) is 0 Å². The van der Waals surface area contributed by atoms with Crippen molar-refractivity contribution in [1.82, 2.24) is 4.57 Å². The van der Waals surface area contributed by atoms with Crippen molar-refractivity contribution in [2.75, 3.05) is 0 Å². The molecule has 11 aromatic rings. The number of allylic oxidation sites excluding steroid dienone is 5. The van der Waals surface area contributed by atoms with Gasteiger partial charge in [0.1, 0.15) is 11.2 Å². The molecule has 0 bridgehead atoms. The van der Waals surface area contributed by atoms with Crippen molar-refractivity contribution in [3.05, 3.63) is 243 Å². The number of aromatic nitrogens is 1. The maximum Gasteiger partial charge on any atom is 0.143 e. The van der Waals surface area contributed by atoms with Gasteiger partial charge in [0.05, 0.1) is 11.0 Å².